The molecule has 17 heavy (non-hydrogen) atoms. The quantitative estimate of drug-likeness (QED) is 0.598. The number of piperidine rings is 1. The van der Waals surface area contributed by atoms with Crippen LogP contribution in [0.25, 0.3) is 0 Å². The molecule has 2 rings (SSSR count). The Morgan fingerprint density at radius 2 is 1.41 bits per heavy atom. The number of hydrogen-bond acceptors (Lipinski definition) is 2. The van der Waals surface area contributed by atoms with Crippen molar-refractivity contribution in [2.45, 2.75) is 58.0 Å². The molecule has 0 saturated carbocycles. The maximum absolute atomic E-state index is 12.2. The van der Waals surface area contributed by atoms with Gasteiger partial charge >= 0.3 is 11.8 Å². The predicted molar refractivity (Wildman–Crippen MR) is 65.4 cm³/mol. The minimum Gasteiger partial charge on any atom is -0.334 e. The minimum atomic E-state index is -0.289. The van der Waals surface area contributed by atoms with Gasteiger partial charge in [0.2, 0.25) is 0 Å². The summed E-state index contributed by atoms with van der Waals surface area (Å²) >= 11 is 0. The van der Waals surface area contributed by atoms with Crippen molar-refractivity contribution < 1.29 is 9.59 Å². The summed E-state index contributed by atoms with van der Waals surface area (Å²) in [7, 11) is 0. The van der Waals surface area contributed by atoms with E-state index in [1.807, 2.05) is 13.8 Å². The minimum absolute atomic E-state index is 0.206. The fraction of sp³-hybridized carbons (Fsp3) is 0.846. The zero-order chi connectivity index (χ0) is 12.4. The number of hydrogen-bond donors (Lipinski definition) is 0. The van der Waals surface area contributed by atoms with Crippen LogP contribution in [0.2, 0.25) is 0 Å². The lowest BCUT2D eigenvalue weighted by Crippen LogP contribution is -2.53. The third kappa shape index (κ3) is 2.45. The Balaban J connectivity index is 2.04. The second-order valence-corrected chi connectivity index (χ2v) is 5.34. The first-order valence-corrected chi connectivity index (χ1v) is 6.73. The summed E-state index contributed by atoms with van der Waals surface area (Å²) in [6, 6.07) is 0.413. The van der Waals surface area contributed by atoms with Crippen molar-refractivity contribution in [2.24, 2.45) is 0 Å². The average Bonchev–Trinajstić information content (AvgIpc) is 2.81. The van der Waals surface area contributed by atoms with Crippen molar-refractivity contribution in [2.75, 3.05) is 13.1 Å². The highest BCUT2D eigenvalue weighted by molar-refractivity contribution is 6.35. The molecule has 0 aliphatic carbocycles. The van der Waals surface area contributed by atoms with Gasteiger partial charge in [0, 0.05) is 25.2 Å². The molecule has 2 saturated heterocycles. The van der Waals surface area contributed by atoms with Crippen molar-refractivity contribution in [1.82, 2.24) is 9.80 Å². The van der Waals surface area contributed by atoms with E-state index in [0.717, 1.165) is 45.2 Å². The molecule has 4 heteroatoms. The molecule has 0 aromatic rings. The highest BCUT2D eigenvalue weighted by Crippen LogP contribution is 2.23. The highest BCUT2D eigenvalue weighted by atomic mass is 16.2. The van der Waals surface area contributed by atoms with E-state index in [0.29, 0.717) is 0 Å². The van der Waals surface area contributed by atoms with Crippen LogP contribution in [0.1, 0.15) is 46.0 Å². The molecule has 0 bridgehead atoms. The highest BCUT2D eigenvalue weighted by Gasteiger charge is 2.35. The van der Waals surface area contributed by atoms with E-state index in [1.54, 1.807) is 9.80 Å². The normalized spacial score (nSPS) is 29.5. The Morgan fingerprint density at radius 1 is 0.882 bits per heavy atom. The first kappa shape index (κ1) is 12.4. The third-order valence-electron chi connectivity index (χ3n) is 4.00. The van der Waals surface area contributed by atoms with Gasteiger partial charge in [-0.2, -0.15) is 0 Å². The van der Waals surface area contributed by atoms with E-state index in [2.05, 4.69) is 0 Å². The van der Waals surface area contributed by atoms with Gasteiger partial charge in [-0.05, 0) is 46.0 Å². The number of rotatable bonds is 0. The van der Waals surface area contributed by atoms with E-state index in [1.165, 1.54) is 0 Å². The van der Waals surface area contributed by atoms with Crippen LogP contribution in [0.15, 0.2) is 0 Å². The van der Waals surface area contributed by atoms with Gasteiger partial charge < -0.3 is 9.80 Å². The predicted octanol–water partition coefficient (Wildman–Crippen LogP) is 1.40. The molecule has 2 fully saturated rings. The molecule has 2 unspecified atom stereocenters. The molecule has 2 atom stereocenters. The fourth-order valence-corrected chi connectivity index (χ4v) is 2.99. The Bertz CT molecular complexity index is 301. The summed E-state index contributed by atoms with van der Waals surface area (Å²) in [5.41, 5.74) is 0. The Morgan fingerprint density at radius 3 is 1.94 bits per heavy atom. The van der Waals surface area contributed by atoms with Crippen LogP contribution < -0.4 is 0 Å². The van der Waals surface area contributed by atoms with E-state index < -0.39 is 0 Å². The van der Waals surface area contributed by atoms with Crippen LogP contribution in [0.4, 0.5) is 0 Å². The van der Waals surface area contributed by atoms with Crippen molar-refractivity contribution in [3.8, 4) is 0 Å². The second kappa shape index (κ2) is 5.07. The Kier molecular flexibility index (Phi) is 3.69. The largest absolute Gasteiger partial charge is 0.334 e. The van der Waals surface area contributed by atoms with Gasteiger partial charge in [-0.1, -0.05) is 0 Å². The van der Waals surface area contributed by atoms with Gasteiger partial charge in [0.15, 0.2) is 0 Å². The molecule has 0 aromatic heterocycles. The van der Waals surface area contributed by atoms with Crippen LogP contribution in [-0.2, 0) is 9.59 Å². The number of amides is 2. The van der Waals surface area contributed by atoms with Crippen molar-refractivity contribution in [1.29, 1.82) is 0 Å². The number of carbonyl (C=O) groups excluding carboxylic acids is 2. The molecule has 2 amide bonds. The SMILES string of the molecule is CC1CCCC(C)N1C(=O)C(=O)N1CCCC1. The topological polar surface area (TPSA) is 40.6 Å². The molecule has 2 aliphatic heterocycles. The van der Waals surface area contributed by atoms with Crippen molar-refractivity contribution in [3.63, 3.8) is 0 Å². The zero-order valence-electron chi connectivity index (χ0n) is 10.8. The molecule has 0 N–H and O–H groups in total. The van der Waals surface area contributed by atoms with Crippen molar-refractivity contribution in [3.05, 3.63) is 0 Å². The number of nitrogens with zero attached hydrogens (tertiary/aromatic N) is 2. The molecule has 0 radical (unpaired) electrons. The molecule has 4 nitrogen and oxygen atoms in total. The lowest BCUT2D eigenvalue weighted by Gasteiger charge is -2.39. The van der Waals surface area contributed by atoms with Gasteiger partial charge in [-0.3, -0.25) is 9.59 Å². The summed E-state index contributed by atoms with van der Waals surface area (Å²) in [5.74, 6) is -0.574. The lowest BCUT2D eigenvalue weighted by atomic mass is 9.97. The first-order valence-electron chi connectivity index (χ1n) is 6.73. The summed E-state index contributed by atoms with van der Waals surface area (Å²) in [5, 5.41) is 0. The third-order valence-corrected chi connectivity index (χ3v) is 4.00. The summed E-state index contributed by atoms with van der Waals surface area (Å²) in [4.78, 5) is 27.8. The van der Waals surface area contributed by atoms with Crippen LogP contribution in [0.3, 0.4) is 0 Å². The van der Waals surface area contributed by atoms with E-state index in [-0.39, 0.29) is 23.9 Å². The van der Waals surface area contributed by atoms with E-state index in [9.17, 15) is 9.59 Å². The smallest absolute Gasteiger partial charge is 0.312 e. The monoisotopic (exact) mass is 238 g/mol. The molecule has 2 heterocycles. The maximum atomic E-state index is 12.2. The van der Waals surface area contributed by atoms with E-state index in [4.69, 9.17) is 0 Å². The maximum Gasteiger partial charge on any atom is 0.312 e. The standard InChI is InChI=1S/C13H22N2O2/c1-10-6-5-7-11(2)15(10)13(17)12(16)14-8-3-4-9-14/h10-11H,3-9H2,1-2H3. The number of likely N-dealkylation sites (tertiary alicyclic amines) is 2. The van der Waals surface area contributed by atoms with Gasteiger partial charge in [-0.15, -0.1) is 0 Å². The van der Waals surface area contributed by atoms with Gasteiger partial charge in [0.1, 0.15) is 0 Å². The lowest BCUT2D eigenvalue weighted by molar-refractivity contribution is -0.155. The van der Waals surface area contributed by atoms with Gasteiger partial charge in [0.25, 0.3) is 0 Å². The van der Waals surface area contributed by atoms with E-state index >= 15 is 0 Å². The average molecular weight is 238 g/mol. The fourth-order valence-electron chi connectivity index (χ4n) is 2.99. The number of carbonyl (C=O) groups is 2. The molecule has 96 valence electrons. The van der Waals surface area contributed by atoms with Gasteiger partial charge in [-0.25, -0.2) is 0 Å². The Hall–Kier alpha value is -1.06. The Labute approximate surface area is 103 Å². The first-order chi connectivity index (χ1) is 8.11. The summed E-state index contributed by atoms with van der Waals surface area (Å²) < 4.78 is 0. The molecule has 2 aliphatic rings. The molecular formula is C13H22N2O2. The molecule has 0 spiro atoms. The van der Waals surface area contributed by atoms with Crippen LogP contribution in [0.5, 0.6) is 0 Å². The summed E-state index contributed by atoms with van der Waals surface area (Å²) in [6.45, 7) is 5.60. The van der Waals surface area contributed by atoms with Crippen LogP contribution >= 0.6 is 0 Å². The van der Waals surface area contributed by atoms with Gasteiger partial charge in [0.05, 0.1) is 0 Å². The zero-order valence-corrected chi connectivity index (χ0v) is 10.8. The van der Waals surface area contributed by atoms with Crippen molar-refractivity contribution >= 4 is 11.8 Å². The molecular weight excluding hydrogens is 216 g/mol. The molecule has 0 aromatic carbocycles. The summed E-state index contributed by atoms with van der Waals surface area (Å²) in [6.07, 6.45) is 5.25. The second-order valence-electron chi connectivity index (χ2n) is 5.34. The van der Waals surface area contributed by atoms with Crippen LogP contribution in [-0.4, -0.2) is 46.8 Å². The van der Waals surface area contributed by atoms with Crippen LogP contribution in [0, 0.1) is 0 Å².